The summed E-state index contributed by atoms with van der Waals surface area (Å²) in [7, 11) is 0. The molecule has 0 atom stereocenters. The van der Waals surface area contributed by atoms with Crippen molar-refractivity contribution in [2.45, 2.75) is 18.9 Å². The summed E-state index contributed by atoms with van der Waals surface area (Å²) < 4.78 is 18.3. The molecule has 1 aromatic rings. The van der Waals surface area contributed by atoms with Crippen LogP contribution in [0, 0.1) is 5.82 Å². The second-order valence-electron chi connectivity index (χ2n) is 3.26. The fourth-order valence-electron chi connectivity index (χ4n) is 1.07. The molecule has 1 saturated carbocycles. The zero-order chi connectivity index (χ0) is 10.3. The third kappa shape index (κ3) is 1.57. The first-order valence-corrected chi connectivity index (χ1v) is 4.60. The average Bonchev–Trinajstić information content (AvgIpc) is 2.93. The molecule has 1 aliphatic carbocycles. The van der Waals surface area contributed by atoms with Gasteiger partial charge in [0, 0.05) is 6.07 Å². The van der Waals surface area contributed by atoms with Gasteiger partial charge in [-0.25, -0.2) is 4.39 Å². The predicted octanol–water partition coefficient (Wildman–Crippen LogP) is 2.31. The van der Waals surface area contributed by atoms with E-state index in [0.717, 1.165) is 18.9 Å². The van der Waals surface area contributed by atoms with Crippen molar-refractivity contribution in [3.8, 4) is 11.5 Å². The van der Waals surface area contributed by atoms with Gasteiger partial charge >= 0.3 is 0 Å². The van der Waals surface area contributed by atoms with Crippen LogP contribution in [0.25, 0.3) is 0 Å². The van der Waals surface area contributed by atoms with Gasteiger partial charge in [0.1, 0.15) is 5.02 Å². The summed E-state index contributed by atoms with van der Waals surface area (Å²) in [6, 6.07) is 0.970. The Morgan fingerprint density at radius 3 is 2.79 bits per heavy atom. The number of ether oxygens (including phenoxy) is 1. The van der Waals surface area contributed by atoms with E-state index in [-0.39, 0.29) is 22.6 Å². The molecule has 14 heavy (non-hydrogen) atoms. The average molecular weight is 218 g/mol. The van der Waals surface area contributed by atoms with Crippen LogP contribution < -0.4 is 10.5 Å². The fourth-order valence-corrected chi connectivity index (χ4v) is 1.26. The van der Waals surface area contributed by atoms with Crippen LogP contribution in [0.5, 0.6) is 11.5 Å². The topological polar surface area (TPSA) is 55.5 Å². The van der Waals surface area contributed by atoms with Gasteiger partial charge in [0.25, 0.3) is 0 Å². The Kier molecular flexibility index (Phi) is 2.15. The van der Waals surface area contributed by atoms with Crippen molar-refractivity contribution in [3.63, 3.8) is 0 Å². The van der Waals surface area contributed by atoms with E-state index in [2.05, 4.69) is 0 Å². The Labute approximate surface area is 85.2 Å². The Morgan fingerprint density at radius 2 is 2.21 bits per heavy atom. The SMILES string of the molecule is Nc1cc(F)c(O)c(OC2CC2)c1Cl. The molecule has 1 aromatic carbocycles. The Hall–Kier alpha value is -1.16. The first-order valence-electron chi connectivity index (χ1n) is 4.22. The summed E-state index contributed by atoms with van der Waals surface area (Å²) in [6.07, 6.45) is 1.82. The van der Waals surface area contributed by atoms with Crippen LogP contribution >= 0.6 is 11.6 Å². The summed E-state index contributed by atoms with van der Waals surface area (Å²) in [4.78, 5) is 0. The van der Waals surface area contributed by atoms with Crippen LogP contribution in [-0.4, -0.2) is 11.2 Å². The second-order valence-corrected chi connectivity index (χ2v) is 3.63. The number of aromatic hydroxyl groups is 1. The predicted molar refractivity (Wildman–Crippen MR) is 51.1 cm³/mol. The molecule has 0 aliphatic heterocycles. The number of nitrogen functional groups attached to an aromatic ring is 1. The third-order valence-corrected chi connectivity index (χ3v) is 2.38. The van der Waals surface area contributed by atoms with Gasteiger partial charge in [-0.15, -0.1) is 0 Å². The molecule has 1 fully saturated rings. The molecule has 0 radical (unpaired) electrons. The minimum absolute atomic E-state index is 0.0274. The van der Waals surface area contributed by atoms with Crippen molar-refractivity contribution < 1.29 is 14.2 Å². The van der Waals surface area contributed by atoms with Crippen molar-refractivity contribution in [1.29, 1.82) is 0 Å². The van der Waals surface area contributed by atoms with E-state index in [0.29, 0.717) is 0 Å². The highest BCUT2D eigenvalue weighted by atomic mass is 35.5. The maximum Gasteiger partial charge on any atom is 0.196 e. The number of rotatable bonds is 2. The van der Waals surface area contributed by atoms with E-state index in [9.17, 15) is 9.50 Å². The second kappa shape index (κ2) is 3.20. The molecule has 3 nitrogen and oxygen atoms in total. The van der Waals surface area contributed by atoms with Crippen molar-refractivity contribution in [3.05, 3.63) is 16.9 Å². The van der Waals surface area contributed by atoms with Gasteiger partial charge in [0.15, 0.2) is 17.3 Å². The number of hydrogen-bond donors (Lipinski definition) is 2. The molecule has 3 N–H and O–H groups in total. The molecule has 0 amide bonds. The molecule has 5 heteroatoms. The minimum atomic E-state index is -0.817. The van der Waals surface area contributed by atoms with Gasteiger partial charge in [0.2, 0.25) is 0 Å². The number of phenolic OH excluding ortho intramolecular Hbond substituents is 1. The smallest absolute Gasteiger partial charge is 0.196 e. The van der Waals surface area contributed by atoms with Crippen molar-refractivity contribution in [1.82, 2.24) is 0 Å². The van der Waals surface area contributed by atoms with Crippen molar-refractivity contribution in [2.24, 2.45) is 0 Å². The molecule has 1 aliphatic rings. The van der Waals surface area contributed by atoms with Crippen LogP contribution in [0.2, 0.25) is 5.02 Å². The maximum absolute atomic E-state index is 13.0. The van der Waals surface area contributed by atoms with Gasteiger partial charge in [-0.05, 0) is 12.8 Å². The normalized spacial score (nSPS) is 15.6. The summed E-state index contributed by atoms with van der Waals surface area (Å²) in [6.45, 7) is 0. The maximum atomic E-state index is 13.0. The van der Waals surface area contributed by atoms with E-state index in [1.165, 1.54) is 0 Å². The lowest BCUT2D eigenvalue weighted by Gasteiger charge is -2.10. The highest BCUT2D eigenvalue weighted by Crippen LogP contribution is 2.43. The van der Waals surface area contributed by atoms with Crippen LogP contribution in [0.1, 0.15) is 12.8 Å². The zero-order valence-electron chi connectivity index (χ0n) is 7.26. The molecular weight excluding hydrogens is 209 g/mol. The van der Waals surface area contributed by atoms with E-state index < -0.39 is 11.6 Å². The lowest BCUT2D eigenvalue weighted by Crippen LogP contribution is -2.00. The van der Waals surface area contributed by atoms with Crippen LogP contribution in [-0.2, 0) is 0 Å². The summed E-state index contributed by atoms with van der Waals surface area (Å²) in [5.74, 6) is -1.44. The van der Waals surface area contributed by atoms with Gasteiger partial charge in [0.05, 0.1) is 11.8 Å². The number of nitrogens with two attached hydrogens (primary N) is 1. The molecule has 0 spiro atoms. The molecule has 0 aromatic heterocycles. The Morgan fingerprint density at radius 1 is 1.57 bits per heavy atom. The Balaban J connectivity index is 2.42. The summed E-state index contributed by atoms with van der Waals surface area (Å²) >= 11 is 5.77. The summed E-state index contributed by atoms with van der Waals surface area (Å²) in [5, 5.41) is 9.41. The highest BCUT2D eigenvalue weighted by Gasteiger charge is 2.27. The molecular formula is C9H9ClFNO2. The molecule has 0 heterocycles. The quantitative estimate of drug-likeness (QED) is 0.591. The molecule has 0 unspecified atom stereocenters. The fraction of sp³-hybridized carbons (Fsp3) is 0.333. The van der Waals surface area contributed by atoms with Crippen LogP contribution in [0.3, 0.4) is 0 Å². The van der Waals surface area contributed by atoms with Crippen molar-refractivity contribution >= 4 is 17.3 Å². The first-order chi connectivity index (χ1) is 6.59. The number of phenols is 1. The monoisotopic (exact) mass is 217 g/mol. The molecule has 2 rings (SSSR count). The molecule has 0 bridgehead atoms. The van der Waals surface area contributed by atoms with Crippen LogP contribution in [0.15, 0.2) is 6.07 Å². The van der Waals surface area contributed by atoms with E-state index in [4.69, 9.17) is 22.1 Å². The zero-order valence-corrected chi connectivity index (χ0v) is 8.01. The number of anilines is 1. The number of benzene rings is 1. The Bertz CT molecular complexity index is 353. The number of halogens is 2. The van der Waals surface area contributed by atoms with Gasteiger partial charge in [-0.3, -0.25) is 0 Å². The van der Waals surface area contributed by atoms with E-state index >= 15 is 0 Å². The first kappa shape index (κ1) is 9.40. The lowest BCUT2D eigenvalue weighted by molar-refractivity contribution is 0.281. The van der Waals surface area contributed by atoms with E-state index in [1.54, 1.807) is 0 Å². The van der Waals surface area contributed by atoms with Gasteiger partial charge in [-0.1, -0.05) is 11.6 Å². The number of hydrogen-bond acceptors (Lipinski definition) is 3. The minimum Gasteiger partial charge on any atom is -0.502 e. The lowest BCUT2D eigenvalue weighted by atomic mass is 10.2. The molecule has 76 valence electrons. The highest BCUT2D eigenvalue weighted by molar-refractivity contribution is 6.34. The molecule has 0 saturated heterocycles. The van der Waals surface area contributed by atoms with Gasteiger partial charge < -0.3 is 15.6 Å². The van der Waals surface area contributed by atoms with Crippen LogP contribution in [0.4, 0.5) is 10.1 Å². The largest absolute Gasteiger partial charge is 0.502 e. The van der Waals surface area contributed by atoms with Crippen molar-refractivity contribution in [2.75, 3.05) is 5.73 Å². The van der Waals surface area contributed by atoms with E-state index in [1.807, 2.05) is 0 Å². The van der Waals surface area contributed by atoms with Gasteiger partial charge in [-0.2, -0.15) is 0 Å². The summed E-state index contributed by atoms with van der Waals surface area (Å²) in [5.41, 5.74) is 5.49. The third-order valence-electron chi connectivity index (χ3n) is 1.99. The standard InChI is InChI=1S/C9H9ClFNO2/c10-7-6(12)3-5(11)8(13)9(7)14-4-1-2-4/h3-4,13H,1-2,12H2.